The summed E-state index contributed by atoms with van der Waals surface area (Å²) in [7, 11) is 0. The van der Waals surface area contributed by atoms with Gasteiger partial charge in [-0.05, 0) is 56.9 Å². The van der Waals surface area contributed by atoms with Gasteiger partial charge in [-0.3, -0.25) is 14.4 Å². The van der Waals surface area contributed by atoms with Gasteiger partial charge in [0.05, 0.1) is 0 Å². The fourth-order valence-corrected chi connectivity index (χ4v) is 4.32. The first-order valence-electron chi connectivity index (χ1n) is 11.5. The van der Waals surface area contributed by atoms with Crippen LogP contribution in [0.3, 0.4) is 0 Å². The van der Waals surface area contributed by atoms with Crippen LogP contribution in [0.4, 0.5) is 0 Å². The number of rotatable bonds is 9. The number of ketones is 2. The lowest BCUT2D eigenvalue weighted by atomic mass is 9.75. The summed E-state index contributed by atoms with van der Waals surface area (Å²) >= 11 is 0. The molecule has 1 aliphatic carbocycles. The fraction of sp³-hybridized carbons (Fsp3) is 0.407. The lowest BCUT2D eigenvalue weighted by Crippen LogP contribution is -2.41. The number of esters is 1. The Kier molecular flexibility index (Phi) is 7.24. The monoisotopic (exact) mass is 465 g/mol. The second-order valence-electron chi connectivity index (χ2n) is 9.13. The average molecular weight is 466 g/mol. The molecule has 0 radical (unpaired) electrons. The maximum atomic E-state index is 13.0. The van der Waals surface area contributed by atoms with Crippen molar-refractivity contribution < 1.29 is 29.0 Å². The van der Waals surface area contributed by atoms with E-state index in [2.05, 4.69) is 19.9 Å². The molecule has 0 aromatic carbocycles. The second kappa shape index (κ2) is 9.79. The summed E-state index contributed by atoms with van der Waals surface area (Å²) in [6.45, 7) is 9.48. The molecule has 7 nitrogen and oxygen atoms in total. The molecule has 0 aromatic heterocycles. The normalized spacial score (nSPS) is 23.3. The molecule has 3 aliphatic rings. The Morgan fingerprint density at radius 2 is 1.94 bits per heavy atom. The number of carbonyl (C=O) groups excluding carboxylic acids is 3. The lowest BCUT2D eigenvalue weighted by Gasteiger charge is -2.35. The molecule has 2 heterocycles. The number of hydrogen-bond acceptors (Lipinski definition) is 6. The van der Waals surface area contributed by atoms with Gasteiger partial charge in [0.15, 0.2) is 11.4 Å². The zero-order valence-electron chi connectivity index (χ0n) is 20.3. The smallest absolute Gasteiger partial charge is 0.343 e. The van der Waals surface area contributed by atoms with E-state index in [1.165, 1.54) is 19.9 Å². The van der Waals surface area contributed by atoms with E-state index >= 15 is 0 Å². The topological polar surface area (TPSA) is 101 Å². The zero-order valence-corrected chi connectivity index (χ0v) is 20.3. The lowest BCUT2D eigenvalue weighted by molar-refractivity contribution is -0.152. The first-order chi connectivity index (χ1) is 16.0. The van der Waals surface area contributed by atoms with Crippen LogP contribution in [0.5, 0.6) is 0 Å². The third-order valence-electron chi connectivity index (χ3n) is 6.34. The largest absolute Gasteiger partial charge is 0.481 e. The molecule has 0 amide bonds. The predicted octanol–water partition coefficient (Wildman–Crippen LogP) is 4.19. The van der Waals surface area contributed by atoms with Crippen LogP contribution >= 0.6 is 0 Å². The quantitative estimate of drug-likeness (QED) is 0.309. The Balaban J connectivity index is 2.08. The van der Waals surface area contributed by atoms with Crippen LogP contribution in [0.25, 0.3) is 0 Å². The molecule has 0 saturated carbocycles. The van der Waals surface area contributed by atoms with E-state index in [-0.39, 0.29) is 17.6 Å². The summed E-state index contributed by atoms with van der Waals surface area (Å²) in [5.74, 6) is -2.10. The van der Waals surface area contributed by atoms with E-state index in [9.17, 15) is 19.2 Å². The summed E-state index contributed by atoms with van der Waals surface area (Å²) in [5, 5.41) is 9.08. The van der Waals surface area contributed by atoms with Gasteiger partial charge >= 0.3 is 11.9 Å². The van der Waals surface area contributed by atoms with Crippen LogP contribution in [0.15, 0.2) is 70.1 Å². The zero-order chi connectivity index (χ0) is 25.2. The van der Waals surface area contributed by atoms with Crippen molar-refractivity contribution in [3.8, 4) is 0 Å². The van der Waals surface area contributed by atoms with Gasteiger partial charge in [-0.25, -0.2) is 4.79 Å². The molecule has 7 heteroatoms. The van der Waals surface area contributed by atoms with Gasteiger partial charge in [0.25, 0.3) is 0 Å². The van der Waals surface area contributed by atoms with E-state index < -0.39 is 29.1 Å². The molecule has 0 saturated heterocycles. The maximum absolute atomic E-state index is 13.0. The standard InChI is InChI=1S/C27H31NO6/c1-6-16(2)12-17(3)9-10-20-13-19-14-22(30)27(5)25(24(18(4)29)26(33)34-27)21(19)15-28(20)11-7-8-23(31)32/h9-10,12-16H,6-8,11H2,1-5H3,(H,31,32). The van der Waals surface area contributed by atoms with Gasteiger partial charge in [0.2, 0.25) is 5.78 Å². The van der Waals surface area contributed by atoms with Gasteiger partial charge in [-0.1, -0.05) is 38.0 Å². The second-order valence-corrected chi connectivity index (χ2v) is 9.13. The number of fused-ring (bicyclic) bond motifs is 3. The molecule has 2 atom stereocenters. The molecule has 2 unspecified atom stereocenters. The van der Waals surface area contributed by atoms with Gasteiger partial charge in [0.1, 0.15) is 5.57 Å². The third-order valence-corrected chi connectivity index (χ3v) is 6.34. The van der Waals surface area contributed by atoms with E-state index in [0.717, 1.165) is 17.7 Å². The van der Waals surface area contributed by atoms with E-state index in [1.807, 2.05) is 30.1 Å². The van der Waals surface area contributed by atoms with Crippen molar-refractivity contribution in [3.63, 3.8) is 0 Å². The van der Waals surface area contributed by atoms with Gasteiger partial charge < -0.3 is 14.7 Å². The number of carboxylic acids is 1. The molecule has 3 rings (SSSR count). The Hall–Kier alpha value is -3.48. The summed E-state index contributed by atoms with van der Waals surface area (Å²) < 4.78 is 5.38. The van der Waals surface area contributed by atoms with Gasteiger partial charge in [-0.15, -0.1) is 0 Å². The van der Waals surface area contributed by atoms with Crippen LogP contribution < -0.4 is 0 Å². The highest BCUT2D eigenvalue weighted by molar-refractivity contribution is 6.23. The molecule has 2 aliphatic heterocycles. The molecule has 1 N–H and O–H groups in total. The first-order valence-corrected chi connectivity index (χ1v) is 11.5. The van der Waals surface area contributed by atoms with E-state index in [1.54, 1.807) is 6.20 Å². The summed E-state index contributed by atoms with van der Waals surface area (Å²) in [6.07, 6.45) is 12.6. The Morgan fingerprint density at radius 3 is 2.56 bits per heavy atom. The number of allylic oxidation sites excluding steroid dienone is 6. The van der Waals surface area contributed by atoms with Crippen molar-refractivity contribution >= 4 is 23.5 Å². The van der Waals surface area contributed by atoms with E-state index in [0.29, 0.717) is 30.0 Å². The molecule has 180 valence electrons. The molecule has 0 bridgehead atoms. The van der Waals surface area contributed by atoms with Crippen molar-refractivity contribution in [2.75, 3.05) is 6.54 Å². The highest BCUT2D eigenvalue weighted by Crippen LogP contribution is 2.46. The number of Topliss-reactive ketones (excluding diaryl/α,β-unsaturated/α-hetero) is 1. The third kappa shape index (κ3) is 4.88. The summed E-state index contributed by atoms with van der Waals surface area (Å²) in [6, 6.07) is 0. The fourth-order valence-electron chi connectivity index (χ4n) is 4.32. The SMILES string of the molecule is CCC(C)C=C(C)C=CC1=CC2=CC(=O)C3(C)OC(=O)C(C(C)=O)=C3C2=CN1CCCC(=O)O. The molecule has 34 heavy (non-hydrogen) atoms. The van der Waals surface area contributed by atoms with E-state index in [4.69, 9.17) is 9.84 Å². The number of aliphatic carboxylic acids is 1. The summed E-state index contributed by atoms with van der Waals surface area (Å²) in [5.41, 5.74) is 1.65. The number of hydrogen-bond donors (Lipinski definition) is 1. The Bertz CT molecular complexity index is 1130. The predicted molar refractivity (Wildman–Crippen MR) is 127 cm³/mol. The van der Waals surface area contributed by atoms with Crippen molar-refractivity contribution in [2.24, 2.45) is 5.92 Å². The Morgan fingerprint density at radius 1 is 1.24 bits per heavy atom. The van der Waals surface area contributed by atoms with Crippen LogP contribution in [-0.4, -0.2) is 45.7 Å². The molecule has 0 aromatic rings. The highest BCUT2D eigenvalue weighted by Gasteiger charge is 2.54. The van der Waals surface area contributed by atoms with Crippen molar-refractivity contribution in [1.29, 1.82) is 0 Å². The first kappa shape index (κ1) is 25.1. The average Bonchev–Trinajstić information content (AvgIpc) is 3.04. The minimum atomic E-state index is -1.54. The minimum absolute atomic E-state index is 0.00546. The number of nitrogens with zero attached hydrogens (tertiary/aromatic N) is 1. The van der Waals surface area contributed by atoms with Crippen LogP contribution in [0.2, 0.25) is 0 Å². The summed E-state index contributed by atoms with van der Waals surface area (Å²) in [4.78, 5) is 50.7. The highest BCUT2D eigenvalue weighted by atomic mass is 16.6. The van der Waals surface area contributed by atoms with Crippen molar-refractivity contribution in [1.82, 2.24) is 4.90 Å². The molecule has 0 fully saturated rings. The van der Waals surface area contributed by atoms with Crippen LogP contribution in [0, 0.1) is 5.92 Å². The maximum Gasteiger partial charge on any atom is 0.343 e. The van der Waals surface area contributed by atoms with Crippen LogP contribution in [0.1, 0.15) is 53.9 Å². The van der Waals surface area contributed by atoms with Crippen molar-refractivity contribution in [2.45, 2.75) is 59.5 Å². The number of carbonyl (C=O) groups is 4. The number of ether oxygens (including phenoxy) is 1. The minimum Gasteiger partial charge on any atom is -0.481 e. The number of carboxylic acid groups (broad SMARTS) is 1. The van der Waals surface area contributed by atoms with Gasteiger partial charge in [0, 0.05) is 36.0 Å². The molecule has 0 spiro atoms. The van der Waals surface area contributed by atoms with Crippen molar-refractivity contribution in [3.05, 3.63) is 70.1 Å². The molecular weight excluding hydrogens is 434 g/mol. The Labute approximate surface area is 199 Å². The van der Waals surface area contributed by atoms with Crippen LogP contribution in [-0.2, 0) is 23.9 Å². The van der Waals surface area contributed by atoms with Gasteiger partial charge in [-0.2, -0.15) is 0 Å². The molecular formula is C27H31NO6.